The summed E-state index contributed by atoms with van der Waals surface area (Å²) in [6.07, 6.45) is 0. The van der Waals surface area contributed by atoms with Crippen molar-refractivity contribution in [3.8, 4) is 11.4 Å². The molecule has 0 spiro atoms. The van der Waals surface area contributed by atoms with Gasteiger partial charge in [0, 0.05) is 0 Å². The number of methoxy groups -OCH3 is 1. The number of hydrogen-bond donors (Lipinski definition) is 2. The lowest BCUT2D eigenvalue weighted by Gasteiger charge is -2.14. The molecule has 5 aromatic rings. The van der Waals surface area contributed by atoms with Crippen LogP contribution in [-0.4, -0.2) is 44.4 Å². The van der Waals surface area contributed by atoms with Crippen LogP contribution in [0.3, 0.4) is 0 Å². The zero-order chi connectivity index (χ0) is 27.4. The van der Waals surface area contributed by atoms with E-state index in [1.54, 1.807) is 16.7 Å². The molecule has 2 N–H and O–H groups in total. The van der Waals surface area contributed by atoms with Gasteiger partial charge in [-0.2, -0.15) is 0 Å². The van der Waals surface area contributed by atoms with E-state index in [-0.39, 0.29) is 28.8 Å². The Bertz CT molecular complexity index is 1620. The third-order valence-corrected chi connectivity index (χ3v) is 7.69. The van der Waals surface area contributed by atoms with Crippen LogP contribution >= 0.6 is 34.7 Å². The summed E-state index contributed by atoms with van der Waals surface area (Å²) in [5.74, 6) is -0.797. The summed E-state index contributed by atoms with van der Waals surface area (Å²) in [6, 6.07) is 18.8. The van der Waals surface area contributed by atoms with Crippen LogP contribution in [0.1, 0.15) is 16.2 Å². The molecule has 198 valence electrons. The quantitative estimate of drug-likeness (QED) is 0.226. The fourth-order valence-electron chi connectivity index (χ4n) is 3.74. The van der Waals surface area contributed by atoms with E-state index in [0.717, 1.165) is 28.0 Å². The van der Waals surface area contributed by atoms with Crippen LogP contribution in [0.25, 0.3) is 15.9 Å². The van der Waals surface area contributed by atoms with Gasteiger partial charge >= 0.3 is 0 Å². The maximum Gasteiger partial charge on any atom is 0.256 e. The number of ether oxygens (including phenoxy) is 1. The van der Waals surface area contributed by atoms with Gasteiger partial charge in [0.1, 0.15) is 11.6 Å². The van der Waals surface area contributed by atoms with Crippen molar-refractivity contribution in [1.29, 1.82) is 0 Å². The Kier molecular flexibility index (Phi) is 8.05. The summed E-state index contributed by atoms with van der Waals surface area (Å²) in [5.41, 5.74) is 1.15. The monoisotopic (exact) mass is 582 g/mol. The van der Waals surface area contributed by atoms with Gasteiger partial charge in [-0.1, -0.05) is 65.0 Å². The molecule has 0 atom stereocenters. The van der Waals surface area contributed by atoms with Crippen LogP contribution < -0.4 is 15.4 Å². The van der Waals surface area contributed by atoms with Crippen LogP contribution in [0.15, 0.2) is 71.9 Å². The molecule has 2 amide bonds. The molecule has 2 aromatic heterocycles. The number of aromatic nitrogens is 4. The summed E-state index contributed by atoms with van der Waals surface area (Å²) in [7, 11) is 1.53. The van der Waals surface area contributed by atoms with E-state index in [1.165, 1.54) is 30.6 Å². The number of nitrogens with one attached hydrogen (secondary N) is 2. The van der Waals surface area contributed by atoms with Crippen molar-refractivity contribution >= 4 is 61.9 Å². The number of anilines is 1. The molecule has 0 aliphatic heterocycles. The van der Waals surface area contributed by atoms with Crippen molar-refractivity contribution in [2.45, 2.75) is 11.7 Å². The zero-order valence-corrected chi connectivity index (χ0v) is 22.7. The van der Waals surface area contributed by atoms with E-state index >= 15 is 0 Å². The van der Waals surface area contributed by atoms with Crippen molar-refractivity contribution in [1.82, 2.24) is 25.1 Å². The van der Waals surface area contributed by atoms with Gasteiger partial charge in [0.15, 0.2) is 16.1 Å². The van der Waals surface area contributed by atoms with Crippen molar-refractivity contribution < 1.29 is 18.7 Å². The maximum atomic E-state index is 14.2. The van der Waals surface area contributed by atoms with Gasteiger partial charge in [0.25, 0.3) is 5.91 Å². The Morgan fingerprint density at radius 2 is 1.87 bits per heavy atom. The number of rotatable bonds is 9. The number of para-hydroxylation sites is 3. The van der Waals surface area contributed by atoms with Gasteiger partial charge in [0.05, 0.1) is 45.9 Å². The molecule has 0 aliphatic carbocycles. The molecule has 0 saturated carbocycles. The van der Waals surface area contributed by atoms with Gasteiger partial charge in [-0.3, -0.25) is 14.2 Å². The number of amides is 2. The van der Waals surface area contributed by atoms with E-state index in [4.69, 9.17) is 16.3 Å². The highest BCUT2D eigenvalue weighted by Gasteiger charge is 2.21. The van der Waals surface area contributed by atoms with Crippen molar-refractivity contribution in [2.75, 3.05) is 18.2 Å². The third-order valence-electron chi connectivity index (χ3n) is 5.50. The topological polar surface area (TPSA) is 111 Å². The summed E-state index contributed by atoms with van der Waals surface area (Å²) in [6.45, 7) is -0.0903. The van der Waals surface area contributed by atoms with E-state index in [9.17, 15) is 14.0 Å². The molecule has 5 rings (SSSR count). The second-order valence-electron chi connectivity index (χ2n) is 8.01. The molecular weight excluding hydrogens is 563 g/mol. The highest BCUT2D eigenvalue weighted by atomic mass is 35.5. The third kappa shape index (κ3) is 5.87. The van der Waals surface area contributed by atoms with E-state index in [1.807, 2.05) is 36.4 Å². The molecule has 0 saturated heterocycles. The Hall–Kier alpha value is -4.00. The van der Waals surface area contributed by atoms with Gasteiger partial charge in [0.2, 0.25) is 5.91 Å². The van der Waals surface area contributed by atoms with E-state index in [2.05, 4.69) is 25.8 Å². The lowest BCUT2D eigenvalue weighted by Crippen LogP contribution is -2.26. The minimum atomic E-state index is -0.735. The SMILES string of the molecule is COc1ccccc1-n1c(CNC(=O)c2c(F)cccc2Cl)nnc1SCC(=O)Nc1nc2ccccc2s1. The summed E-state index contributed by atoms with van der Waals surface area (Å²) in [4.78, 5) is 29.9. The molecule has 0 bridgehead atoms. The lowest BCUT2D eigenvalue weighted by molar-refractivity contribution is -0.113. The van der Waals surface area contributed by atoms with Crippen molar-refractivity contribution in [2.24, 2.45) is 0 Å². The zero-order valence-electron chi connectivity index (χ0n) is 20.4. The summed E-state index contributed by atoms with van der Waals surface area (Å²) < 4.78 is 22.4. The highest BCUT2D eigenvalue weighted by Crippen LogP contribution is 2.30. The molecule has 0 aliphatic rings. The minimum Gasteiger partial charge on any atom is -0.495 e. The standard InChI is InChI=1S/C26H20ClFN6O3S2/c1-37-19-11-4-3-10-18(19)34-21(13-29-24(36)23-15(27)7-6-8-16(23)28)32-33-26(34)38-14-22(35)31-25-30-17-9-2-5-12-20(17)39-25/h2-12H,13-14H2,1H3,(H,29,36)(H,30,31,35). The number of fused-ring (bicyclic) bond motifs is 1. The molecule has 39 heavy (non-hydrogen) atoms. The Morgan fingerprint density at radius 1 is 1.08 bits per heavy atom. The van der Waals surface area contributed by atoms with Crippen LogP contribution in [0, 0.1) is 5.82 Å². The average Bonchev–Trinajstić information content (AvgIpc) is 3.53. The number of thiazole rings is 1. The predicted octanol–water partition coefficient (Wildman–Crippen LogP) is 5.34. The second-order valence-corrected chi connectivity index (χ2v) is 10.4. The Morgan fingerprint density at radius 3 is 2.67 bits per heavy atom. The first kappa shape index (κ1) is 26.6. The number of carbonyl (C=O) groups excluding carboxylic acids is 2. The first-order chi connectivity index (χ1) is 18.9. The van der Waals surface area contributed by atoms with E-state index < -0.39 is 11.7 Å². The van der Waals surface area contributed by atoms with Crippen molar-refractivity contribution in [3.63, 3.8) is 0 Å². The molecule has 2 heterocycles. The predicted molar refractivity (Wildman–Crippen MR) is 149 cm³/mol. The number of thioether (sulfide) groups is 1. The summed E-state index contributed by atoms with van der Waals surface area (Å²) >= 11 is 8.58. The molecule has 13 heteroatoms. The second kappa shape index (κ2) is 11.8. The largest absolute Gasteiger partial charge is 0.495 e. The normalized spacial score (nSPS) is 10.9. The number of hydrogen-bond acceptors (Lipinski definition) is 8. The van der Waals surface area contributed by atoms with Gasteiger partial charge in [-0.15, -0.1) is 10.2 Å². The van der Waals surface area contributed by atoms with Gasteiger partial charge < -0.3 is 15.4 Å². The number of halogens is 2. The van der Waals surface area contributed by atoms with Crippen LogP contribution in [0.5, 0.6) is 5.75 Å². The first-order valence-corrected chi connectivity index (χ1v) is 13.7. The van der Waals surface area contributed by atoms with Crippen LogP contribution in [0.2, 0.25) is 5.02 Å². The number of nitrogens with zero attached hydrogens (tertiary/aromatic N) is 4. The fourth-order valence-corrected chi connectivity index (χ4v) is 5.63. The minimum absolute atomic E-state index is 0.00548. The van der Waals surface area contributed by atoms with Gasteiger partial charge in [-0.25, -0.2) is 9.37 Å². The highest BCUT2D eigenvalue weighted by molar-refractivity contribution is 7.99. The molecule has 0 unspecified atom stereocenters. The molecular formula is C26H20ClFN6O3S2. The molecule has 9 nitrogen and oxygen atoms in total. The van der Waals surface area contributed by atoms with Crippen LogP contribution in [0.4, 0.5) is 9.52 Å². The molecule has 0 radical (unpaired) electrons. The fraction of sp³-hybridized carbons (Fsp3) is 0.115. The molecule has 0 fully saturated rings. The van der Waals surface area contributed by atoms with Crippen molar-refractivity contribution in [3.05, 3.63) is 89.0 Å². The number of benzene rings is 3. The Labute approximate surface area is 235 Å². The molecule has 3 aromatic carbocycles. The van der Waals surface area contributed by atoms with Gasteiger partial charge in [-0.05, 0) is 36.4 Å². The smallest absolute Gasteiger partial charge is 0.256 e. The number of carbonyl (C=O) groups is 2. The first-order valence-electron chi connectivity index (χ1n) is 11.5. The maximum absolute atomic E-state index is 14.2. The van der Waals surface area contributed by atoms with E-state index in [0.29, 0.717) is 27.5 Å². The average molecular weight is 583 g/mol. The lowest BCUT2D eigenvalue weighted by atomic mass is 10.2. The summed E-state index contributed by atoms with van der Waals surface area (Å²) in [5, 5.41) is 14.8. The Balaban J connectivity index is 1.36. The van der Waals surface area contributed by atoms with Crippen LogP contribution in [-0.2, 0) is 11.3 Å².